The molecule has 152 valence electrons. The van der Waals surface area contributed by atoms with Crippen LogP contribution in [0.5, 0.6) is 5.75 Å². The minimum atomic E-state index is -0.0561. The third-order valence-corrected chi connectivity index (χ3v) is 5.06. The zero-order valence-corrected chi connectivity index (χ0v) is 17.1. The Bertz CT molecular complexity index is 1110. The zero-order valence-electron chi connectivity index (χ0n) is 17.1. The van der Waals surface area contributed by atoms with Crippen molar-refractivity contribution in [1.82, 2.24) is 5.32 Å². The van der Waals surface area contributed by atoms with Crippen LogP contribution in [0.3, 0.4) is 0 Å². The van der Waals surface area contributed by atoms with Crippen molar-refractivity contribution >= 4 is 16.8 Å². The van der Waals surface area contributed by atoms with Gasteiger partial charge in [-0.05, 0) is 56.8 Å². The summed E-state index contributed by atoms with van der Waals surface area (Å²) >= 11 is 0. The number of furan rings is 1. The molecule has 4 heteroatoms. The second-order valence-corrected chi connectivity index (χ2v) is 7.18. The molecule has 4 rings (SSSR count). The molecular formula is C26H25NO3. The van der Waals surface area contributed by atoms with E-state index >= 15 is 0 Å². The molecule has 0 aliphatic rings. The molecule has 0 radical (unpaired) electrons. The summed E-state index contributed by atoms with van der Waals surface area (Å²) in [5.74, 6) is 1.32. The molecule has 0 aliphatic carbocycles. The first-order chi connectivity index (χ1) is 14.8. The van der Waals surface area contributed by atoms with Gasteiger partial charge in [-0.2, -0.15) is 0 Å². The number of unbranched alkanes of at least 4 members (excludes halogenated alkanes) is 1. The highest BCUT2D eigenvalue weighted by atomic mass is 16.5. The number of nitrogens with one attached hydrogen (secondary N) is 1. The molecule has 4 aromatic rings. The summed E-state index contributed by atoms with van der Waals surface area (Å²) in [7, 11) is 1.95. The third kappa shape index (κ3) is 4.29. The fraction of sp³-hybridized carbons (Fsp3) is 0.192. The van der Waals surface area contributed by atoms with Crippen LogP contribution in [0, 0.1) is 0 Å². The largest absolute Gasteiger partial charge is 0.494 e. The number of fused-ring (bicyclic) bond motifs is 1. The zero-order chi connectivity index (χ0) is 20.8. The monoisotopic (exact) mass is 399 g/mol. The Hall–Kier alpha value is -3.37. The first-order valence-electron chi connectivity index (χ1n) is 10.3. The van der Waals surface area contributed by atoms with Crippen molar-refractivity contribution in [3.63, 3.8) is 0 Å². The average Bonchev–Trinajstić information content (AvgIpc) is 3.19. The van der Waals surface area contributed by atoms with Gasteiger partial charge in [-0.15, -0.1) is 0 Å². The van der Waals surface area contributed by atoms with Crippen LogP contribution in [-0.4, -0.2) is 26.0 Å². The summed E-state index contributed by atoms with van der Waals surface area (Å²) in [5, 5.41) is 3.95. The van der Waals surface area contributed by atoms with Gasteiger partial charge in [-0.25, -0.2) is 0 Å². The van der Waals surface area contributed by atoms with E-state index in [0.29, 0.717) is 29.1 Å². The van der Waals surface area contributed by atoms with Crippen LogP contribution in [0.2, 0.25) is 0 Å². The summed E-state index contributed by atoms with van der Waals surface area (Å²) in [4.78, 5) is 13.5. The Morgan fingerprint density at radius 3 is 2.40 bits per heavy atom. The predicted molar refractivity (Wildman–Crippen MR) is 120 cm³/mol. The normalized spacial score (nSPS) is 11.0. The molecule has 1 N–H and O–H groups in total. The molecular weight excluding hydrogens is 374 g/mol. The smallest absolute Gasteiger partial charge is 0.197 e. The Morgan fingerprint density at radius 2 is 1.63 bits per heavy atom. The van der Waals surface area contributed by atoms with Gasteiger partial charge in [-0.1, -0.05) is 48.5 Å². The van der Waals surface area contributed by atoms with Crippen LogP contribution in [0.25, 0.3) is 22.3 Å². The molecule has 1 heterocycles. The lowest BCUT2D eigenvalue weighted by Gasteiger charge is -2.07. The number of carbonyl (C=O) groups excluding carboxylic acids is 1. The molecule has 0 spiro atoms. The van der Waals surface area contributed by atoms with Crippen LogP contribution in [-0.2, 0) is 0 Å². The molecule has 0 saturated carbocycles. The van der Waals surface area contributed by atoms with Crippen LogP contribution in [0.15, 0.2) is 83.3 Å². The van der Waals surface area contributed by atoms with E-state index in [1.165, 1.54) is 0 Å². The third-order valence-electron chi connectivity index (χ3n) is 5.06. The first-order valence-corrected chi connectivity index (χ1v) is 10.3. The standard InChI is InChI=1S/C26H25NO3/c1-27-17-7-8-18-29-21-15-13-19(14-16-21)25(28)24-22-11-5-6-12-23(22)30-26(24)20-9-3-2-4-10-20/h2-6,9-16,27H,7-8,17-18H2,1H3. The maximum Gasteiger partial charge on any atom is 0.197 e. The molecule has 0 atom stereocenters. The van der Waals surface area contributed by atoms with Gasteiger partial charge in [0, 0.05) is 16.5 Å². The molecule has 0 fully saturated rings. The second-order valence-electron chi connectivity index (χ2n) is 7.18. The highest BCUT2D eigenvalue weighted by molar-refractivity contribution is 6.19. The fourth-order valence-electron chi connectivity index (χ4n) is 3.50. The van der Waals surface area contributed by atoms with Gasteiger partial charge < -0.3 is 14.5 Å². The molecule has 0 unspecified atom stereocenters. The highest BCUT2D eigenvalue weighted by Crippen LogP contribution is 2.35. The van der Waals surface area contributed by atoms with Crippen molar-refractivity contribution in [2.75, 3.05) is 20.2 Å². The molecule has 4 nitrogen and oxygen atoms in total. The Labute approximate surface area is 176 Å². The number of hydrogen-bond donors (Lipinski definition) is 1. The van der Waals surface area contributed by atoms with Gasteiger partial charge in [0.25, 0.3) is 0 Å². The number of para-hydroxylation sites is 1. The van der Waals surface area contributed by atoms with E-state index in [9.17, 15) is 4.79 Å². The lowest BCUT2D eigenvalue weighted by molar-refractivity contribution is 0.104. The van der Waals surface area contributed by atoms with Crippen molar-refractivity contribution in [1.29, 1.82) is 0 Å². The van der Waals surface area contributed by atoms with Crippen molar-refractivity contribution in [2.24, 2.45) is 0 Å². The quantitative estimate of drug-likeness (QED) is 0.289. The summed E-state index contributed by atoms with van der Waals surface area (Å²) in [5.41, 5.74) is 2.80. The maximum atomic E-state index is 13.5. The number of benzene rings is 3. The Balaban J connectivity index is 1.60. The van der Waals surface area contributed by atoms with E-state index in [-0.39, 0.29) is 5.78 Å². The molecule has 0 amide bonds. The number of ketones is 1. The van der Waals surface area contributed by atoms with Crippen LogP contribution < -0.4 is 10.1 Å². The number of hydrogen-bond acceptors (Lipinski definition) is 4. The molecule has 0 bridgehead atoms. The number of rotatable bonds is 9. The fourth-order valence-corrected chi connectivity index (χ4v) is 3.50. The predicted octanol–water partition coefficient (Wildman–Crippen LogP) is 5.71. The molecule has 1 aromatic heterocycles. The van der Waals surface area contributed by atoms with E-state index in [1.54, 1.807) is 0 Å². The van der Waals surface area contributed by atoms with Crippen LogP contribution in [0.4, 0.5) is 0 Å². The van der Waals surface area contributed by atoms with Gasteiger partial charge in [-0.3, -0.25) is 4.79 Å². The Morgan fingerprint density at radius 1 is 0.900 bits per heavy atom. The van der Waals surface area contributed by atoms with Crippen LogP contribution in [0.1, 0.15) is 28.8 Å². The van der Waals surface area contributed by atoms with Gasteiger partial charge in [0.1, 0.15) is 17.1 Å². The Kier molecular flexibility index (Phi) is 6.26. The summed E-state index contributed by atoms with van der Waals surface area (Å²) < 4.78 is 11.9. The second kappa shape index (κ2) is 9.42. The molecule has 30 heavy (non-hydrogen) atoms. The van der Waals surface area contributed by atoms with Crippen molar-refractivity contribution < 1.29 is 13.9 Å². The number of carbonyl (C=O) groups is 1. The summed E-state index contributed by atoms with van der Waals surface area (Å²) in [6, 6.07) is 24.8. The van der Waals surface area contributed by atoms with E-state index in [4.69, 9.17) is 9.15 Å². The lowest BCUT2D eigenvalue weighted by Crippen LogP contribution is -2.09. The van der Waals surface area contributed by atoms with Gasteiger partial charge in [0.05, 0.1) is 12.2 Å². The minimum absolute atomic E-state index is 0.0561. The van der Waals surface area contributed by atoms with Crippen molar-refractivity contribution in [2.45, 2.75) is 12.8 Å². The van der Waals surface area contributed by atoms with Crippen molar-refractivity contribution in [3.8, 4) is 17.1 Å². The summed E-state index contributed by atoms with van der Waals surface area (Å²) in [6.07, 6.45) is 2.06. The minimum Gasteiger partial charge on any atom is -0.494 e. The SMILES string of the molecule is CNCCCCOc1ccc(C(=O)c2c(-c3ccccc3)oc3ccccc23)cc1. The van der Waals surface area contributed by atoms with Gasteiger partial charge in [0.2, 0.25) is 0 Å². The van der Waals surface area contributed by atoms with Gasteiger partial charge >= 0.3 is 0 Å². The summed E-state index contributed by atoms with van der Waals surface area (Å²) in [6.45, 7) is 1.65. The number of ether oxygens (including phenoxy) is 1. The van der Waals surface area contributed by atoms with Crippen LogP contribution >= 0.6 is 0 Å². The van der Waals surface area contributed by atoms with Crippen molar-refractivity contribution in [3.05, 3.63) is 90.0 Å². The molecule has 0 aliphatic heterocycles. The van der Waals surface area contributed by atoms with E-state index < -0.39 is 0 Å². The topological polar surface area (TPSA) is 51.5 Å². The van der Waals surface area contributed by atoms with Gasteiger partial charge in [0.15, 0.2) is 5.78 Å². The first kappa shape index (κ1) is 19.9. The van der Waals surface area contributed by atoms with E-state index in [0.717, 1.165) is 36.1 Å². The maximum absolute atomic E-state index is 13.5. The average molecular weight is 399 g/mol. The van der Waals surface area contributed by atoms with E-state index in [1.807, 2.05) is 85.9 Å². The lowest BCUT2D eigenvalue weighted by atomic mass is 9.97. The molecule has 3 aromatic carbocycles. The van der Waals surface area contributed by atoms with E-state index in [2.05, 4.69) is 5.32 Å². The molecule has 0 saturated heterocycles. The highest BCUT2D eigenvalue weighted by Gasteiger charge is 2.23.